The molecule has 0 spiro atoms. The third kappa shape index (κ3) is 5.72. The first kappa shape index (κ1) is 21.2. The molecule has 0 amide bonds. The summed E-state index contributed by atoms with van der Waals surface area (Å²) in [7, 11) is 0. The number of hydrogen-bond donors (Lipinski definition) is 1. The highest BCUT2D eigenvalue weighted by molar-refractivity contribution is 6.42. The van der Waals surface area contributed by atoms with Crippen LogP contribution in [0.3, 0.4) is 0 Å². The molecule has 0 bridgehead atoms. The fraction of sp³-hybridized carbons (Fsp3) is 0.158. The summed E-state index contributed by atoms with van der Waals surface area (Å²) in [4.78, 5) is 23.1. The minimum atomic E-state index is -5.13. The van der Waals surface area contributed by atoms with Gasteiger partial charge in [-0.1, -0.05) is 59.6 Å². The molecule has 0 atom stereocenters. The Bertz CT molecular complexity index is 994. The number of hydroxylamine groups is 2. The first-order valence-electron chi connectivity index (χ1n) is 8.30. The van der Waals surface area contributed by atoms with E-state index in [1.165, 1.54) is 12.1 Å². The van der Waals surface area contributed by atoms with Crippen LogP contribution in [0.4, 0.5) is 13.2 Å². The normalized spacial score (nSPS) is 11.7. The number of nitrogens with one attached hydrogen (secondary N) is 1. The highest BCUT2D eigenvalue weighted by atomic mass is 35.5. The summed E-state index contributed by atoms with van der Waals surface area (Å²) in [6, 6.07) is 13.8. The molecule has 1 N–H and O–H groups in total. The maximum absolute atomic E-state index is 12.7. The van der Waals surface area contributed by atoms with Gasteiger partial charge in [0.05, 0.1) is 28.8 Å². The molecule has 0 saturated carbocycles. The number of aromatic nitrogens is 2. The van der Waals surface area contributed by atoms with Crippen molar-refractivity contribution in [3.63, 3.8) is 0 Å². The van der Waals surface area contributed by atoms with Crippen molar-refractivity contribution in [1.29, 1.82) is 0 Å². The molecule has 1 heterocycles. The van der Waals surface area contributed by atoms with E-state index >= 15 is 0 Å². The molecular formula is C19H14Cl2F3N3O2. The molecule has 1 aromatic heterocycles. The second-order valence-corrected chi connectivity index (χ2v) is 6.84. The van der Waals surface area contributed by atoms with Crippen molar-refractivity contribution in [2.24, 2.45) is 0 Å². The molecule has 0 aliphatic heterocycles. The van der Waals surface area contributed by atoms with E-state index in [0.717, 1.165) is 10.6 Å². The van der Waals surface area contributed by atoms with Gasteiger partial charge in [0.15, 0.2) is 0 Å². The van der Waals surface area contributed by atoms with E-state index in [-0.39, 0.29) is 18.1 Å². The molecule has 0 saturated heterocycles. The Morgan fingerprint density at radius 1 is 1.07 bits per heavy atom. The lowest BCUT2D eigenvalue weighted by molar-refractivity contribution is -0.243. The van der Waals surface area contributed by atoms with Crippen molar-refractivity contribution < 1.29 is 22.8 Å². The number of aromatic amines is 1. The average Bonchev–Trinajstić information content (AvgIpc) is 3.13. The summed E-state index contributed by atoms with van der Waals surface area (Å²) in [5, 5.41) is 1.38. The topological polar surface area (TPSA) is 58.2 Å². The number of H-pyrrole nitrogens is 1. The molecule has 0 aliphatic carbocycles. The van der Waals surface area contributed by atoms with Gasteiger partial charge in [-0.3, -0.25) is 0 Å². The van der Waals surface area contributed by atoms with Crippen molar-refractivity contribution in [2.75, 3.05) is 0 Å². The van der Waals surface area contributed by atoms with Gasteiger partial charge in [0.1, 0.15) is 5.82 Å². The molecule has 0 fully saturated rings. The van der Waals surface area contributed by atoms with Crippen LogP contribution in [0.25, 0.3) is 11.3 Å². The lowest BCUT2D eigenvalue weighted by atomic mass is 10.2. The molecule has 2 aromatic carbocycles. The highest BCUT2D eigenvalue weighted by Crippen LogP contribution is 2.25. The van der Waals surface area contributed by atoms with Gasteiger partial charge in [0, 0.05) is 11.8 Å². The van der Waals surface area contributed by atoms with Gasteiger partial charge in [-0.25, -0.2) is 9.78 Å². The highest BCUT2D eigenvalue weighted by Gasteiger charge is 2.42. The quantitative estimate of drug-likeness (QED) is 0.517. The second-order valence-electron chi connectivity index (χ2n) is 6.02. The maximum Gasteiger partial charge on any atom is 0.492 e. The van der Waals surface area contributed by atoms with Gasteiger partial charge in [-0.05, 0) is 17.7 Å². The third-order valence-electron chi connectivity index (χ3n) is 3.81. The first-order valence-corrected chi connectivity index (χ1v) is 9.05. The number of carbonyl (C=O) groups is 1. The van der Waals surface area contributed by atoms with Crippen LogP contribution >= 0.6 is 23.2 Å². The number of imidazole rings is 1. The zero-order chi connectivity index (χ0) is 21.0. The van der Waals surface area contributed by atoms with E-state index in [1.54, 1.807) is 12.3 Å². The Morgan fingerprint density at radius 3 is 2.45 bits per heavy atom. The van der Waals surface area contributed by atoms with Crippen LogP contribution in [0, 0.1) is 0 Å². The Morgan fingerprint density at radius 2 is 1.79 bits per heavy atom. The molecule has 152 valence electrons. The fourth-order valence-corrected chi connectivity index (χ4v) is 2.82. The van der Waals surface area contributed by atoms with E-state index < -0.39 is 12.1 Å². The zero-order valence-corrected chi connectivity index (χ0v) is 16.2. The number of alkyl halides is 3. The molecule has 0 aliphatic rings. The molecule has 0 radical (unpaired) electrons. The third-order valence-corrected chi connectivity index (χ3v) is 4.55. The average molecular weight is 444 g/mol. The Kier molecular flexibility index (Phi) is 6.46. The summed E-state index contributed by atoms with van der Waals surface area (Å²) in [6.45, 7) is -0.352. The van der Waals surface area contributed by atoms with E-state index in [9.17, 15) is 18.0 Å². The van der Waals surface area contributed by atoms with E-state index in [2.05, 4.69) is 14.8 Å². The number of benzene rings is 2. The SMILES string of the molecule is O=C(ON(Cc1ccc(Cl)c(Cl)c1)Cc1nc(-c2ccccc2)c[nH]1)C(F)(F)F. The number of hydrogen-bond acceptors (Lipinski definition) is 4. The van der Waals surface area contributed by atoms with Crippen molar-refractivity contribution >= 4 is 29.2 Å². The summed E-state index contributed by atoms with van der Waals surface area (Å²) < 4.78 is 38.0. The van der Waals surface area contributed by atoms with Crippen molar-refractivity contribution in [2.45, 2.75) is 19.3 Å². The monoisotopic (exact) mass is 443 g/mol. The first-order chi connectivity index (χ1) is 13.7. The van der Waals surface area contributed by atoms with Crippen molar-refractivity contribution in [3.05, 3.63) is 76.2 Å². The number of nitrogens with zero attached hydrogens (tertiary/aromatic N) is 2. The standard InChI is InChI=1S/C19H14Cl2F3N3O2/c20-14-7-6-12(8-15(14)21)10-27(29-18(28)19(22,23)24)11-17-25-9-16(26-17)13-4-2-1-3-5-13/h1-9H,10-11H2,(H,25,26). The van der Waals surface area contributed by atoms with Crippen LogP contribution in [0.2, 0.25) is 10.0 Å². The summed E-state index contributed by atoms with van der Waals surface area (Å²) in [6.07, 6.45) is -3.51. The Balaban J connectivity index is 1.80. The van der Waals surface area contributed by atoms with Gasteiger partial charge in [0.25, 0.3) is 0 Å². The molecule has 3 aromatic rings. The summed E-state index contributed by atoms with van der Waals surface area (Å²) in [5.74, 6) is -2.01. The van der Waals surface area contributed by atoms with E-state index in [0.29, 0.717) is 22.1 Å². The zero-order valence-electron chi connectivity index (χ0n) is 14.7. The van der Waals surface area contributed by atoms with Crippen LogP contribution in [0.5, 0.6) is 0 Å². The van der Waals surface area contributed by atoms with Gasteiger partial charge in [-0.15, -0.1) is 5.06 Å². The van der Waals surface area contributed by atoms with E-state index in [1.807, 2.05) is 30.3 Å². The maximum atomic E-state index is 12.7. The van der Waals surface area contributed by atoms with Gasteiger partial charge >= 0.3 is 12.1 Å². The summed E-state index contributed by atoms with van der Waals surface area (Å²) >= 11 is 11.8. The molecule has 5 nitrogen and oxygen atoms in total. The Hall–Kier alpha value is -2.55. The van der Waals surface area contributed by atoms with Crippen LogP contribution in [0.15, 0.2) is 54.7 Å². The van der Waals surface area contributed by atoms with Gasteiger partial charge < -0.3 is 9.82 Å². The van der Waals surface area contributed by atoms with Gasteiger partial charge in [0.2, 0.25) is 0 Å². The lowest BCUT2D eigenvalue weighted by Crippen LogP contribution is -2.34. The number of rotatable bonds is 6. The van der Waals surface area contributed by atoms with Crippen molar-refractivity contribution in [3.8, 4) is 11.3 Å². The summed E-state index contributed by atoms with van der Waals surface area (Å²) in [5.41, 5.74) is 1.94. The fourth-order valence-electron chi connectivity index (χ4n) is 2.50. The lowest BCUT2D eigenvalue weighted by Gasteiger charge is -2.21. The molecule has 3 rings (SSSR count). The predicted molar refractivity (Wildman–Crippen MR) is 102 cm³/mol. The largest absolute Gasteiger partial charge is 0.492 e. The minimum Gasteiger partial charge on any atom is -0.360 e. The van der Waals surface area contributed by atoms with Crippen LogP contribution in [-0.4, -0.2) is 27.2 Å². The predicted octanol–water partition coefficient (Wildman–Crippen LogP) is 5.41. The van der Waals surface area contributed by atoms with Crippen LogP contribution < -0.4 is 0 Å². The van der Waals surface area contributed by atoms with E-state index in [4.69, 9.17) is 23.2 Å². The molecule has 29 heavy (non-hydrogen) atoms. The molecule has 10 heteroatoms. The number of carbonyl (C=O) groups excluding carboxylic acids is 1. The smallest absolute Gasteiger partial charge is 0.360 e. The van der Waals surface area contributed by atoms with Crippen LogP contribution in [0.1, 0.15) is 11.4 Å². The van der Waals surface area contributed by atoms with Crippen LogP contribution in [-0.2, 0) is 22.7 Å². The minimum absolute atomic E-state index is 0.153. The molecular weight excluding hydrogens is 430 g/mol. The Labute approximate surface area is 174 Å². The molecule has 0 unspecified atom stereocenters. The van der Waals surface area contributed by atoms with Gasteiger partial charge in [-0.2, -0.15) is 13.2 Å². The number of halogens is 5. The second kappa shape index (κ2) is 8.86. The van der Waals surface area contributed by atoms with Crippen molar-refractivity contribution in [1.82, 2.24) is 15.0 Å².